The third-order valence-electron chi connectivity index (χ3n) is 4.53. The fourth-order valence-electron chi connectivity index (χ4n) is 3.00. The van der Waals surface area contributed by atoms with Crippen LogP contribution < -0.4 is 5.43 Å². The third-order valence-corrected chi connectivity index (χ3v) is 4.53. The van der Waals surface area contributed by atoms with E-state index in [0.29, 0.717) is 5.69 Å². The van der Waals surface area contributed by atoms with Gasteiger partial charge in [0, 0.05) is 22.5 Å². The number of amides is 1. The van der Waals surface area contributed by atoms with E-state index in [2.05, 4.69) is 10.5 Å². The molecule has 0 atom stereocenters. The molecule has 1 amide bonds. The Morgan fingerprint density at radius 1 is 0.967 bits per heavy atom. The average Bonchev–Trinajstić information content (AvgIpc) is 3.05. The highest BCUT2D eigenvalue weighted by Crippen LogP contribution is 2.36. The standard InChI is InChI=1S/C21H19N3O6/c1-11-3-4-12(2)24(11)16-9-13(5-7-15(16)21(29)30)20(28)23-22-10-14-6-8-17(25)19(27)18(14)26/h3-10,25-27H,1-2H3,(H,23,28)(H,29,30). The van der Waals surface area contributed by atoms with Gasteiger partial charge in [0.05, 0.1) is 17.5 Å². The van der Waals surface area contributed by atoms with Crippen LogP contribution >= 0.6 is 0 Å². The number of aromatic carboxylic acids is 1. The summed E-state index contributed by atoms with van der Waals surface area (Å²) in [6.45, 7) is 3.66. The van der Waals surface area contributed by atoms with Crippen LogP contribution in [0.15, 0.2) is 47.6 Å². The molecule has 0 fully saturated rings. The molecule has 3 aromatic rings. The highest BCUT2D eigenvalue weighted by atomic mass is 16.4. The number of carboxylic acids is 1. The van der Waals surface area contributed by atoms with Crippen molar-refractivity contribution in [2.45, 2.75) is 13.8 Å². The topological polar surface area (TPSA) is 144 Å². The molecule has 2 aromatic carbocycles. The number of phenols is 3. The lowest BCUT2D eigenvalue weighted by Crippen LogP contribution is -2.19. The molecule has 9 nitrogen and oxygen atoms in total. The molecule has 3 rings (SSSR count). The minimum atomic E-state index is -1.12. The molecule has 0 unspecified atom stereocenters. The number of aryl methyl sites for hydroxylation is 2. The maximum Gasteiger partial charge on any atom is 0.337 e. The summed E-state index contributed by atoms with van der Waals surface area (Å²) < 4.78 is 1.74. The van der Waals surface area contributed by atoms with Gasteiger partial charge >= 0.3 is 5.97 Å². The van der Waals surface area contributed by atoms with Gasteiger partial charge in [-0.15, -0.1) is 0 Å². The van der Waals surface area contributed by atoms with Crippen molar-refractivity contribution in [1.29, 1.82) is 0 Å². The van der Waals surface area contributed by atoms with Crippen molar-refractivity contribution in [3.8, 4) is 22.9 Å². The molecule has 0 saturated carbocycles. The van der Waals surface area contributed by atoms with E-state index >= 15 is 0 Å². The second-order valence-corrected chi connectivity index (χ2v) is 6.56. The number of aromatic nitrogens is 1. The molecule has 0 aliphatic carbocycles. The highest BCUT2D eigenvalue weighted by molar-refractivity contribution is 5.99. The van der Waals surface area contributed by atoms with Crippen LogP contribution in [0.4, 0.5) is 0 Å². The van der Waals surface area contributed by atoms with Crippen molar-refractivity contribution in [2.24, 2.45) is 5.10 Å². The first-order valence-electron chi connectivity index (χ1n) is 8.80. The van der Waals surface area contributed by atoms with Gasteiger partial charge in [-0.3, -0.25) is 4.79 Å². The fourth-order valence-corrected chi connectivity index (χ4v) is 3.00. The summed E-state index contributed by atoms with van der Waals surface area (Å²) in [5.74, 6) is -3.49. The summed E-state index contributed by atoms with van der Waals surface area (Å²) in [5, 5.41) is 41.8. The monoisotopic (exact) mass is 409 g/mol. The molecule has 30 heavy (non-hydrogen) atoms. The number of carbonyl (C=O) groups is 2. The van der Waals surface area contributed by atoms with Gasteiger partial charge < -0.3 is 25.0 Å². The van der Waals surface area contributed by atoms with Gasteiger partial charge in [-0.2, -0.15) is 5.10 Å². The fraction of sp³-hybridized carbons (Fsp3) is 0.0952. The van der Waals surface area contributed by atoms with E-state index in [1.807, 2.05) is 26.0 Å². The number of aromatic hydroxyl groups is 3. The van der Waals surface area contributed by atoms with Crippen molar-refractivity contribution in [1.82, 2.24) is 9.99 Å². The lowest BCUT2D eigenvalue weighted by atomic mass is 10.1. The summed E-state index contributed by atoms with van der Waals surface area (Å²) in [5.41, 5.74) is 4.55. The number of benzene rings is 2. The van der Waals surface area contributed by atoms with E-state index in [0.717, 1.165) is 23.7 Å². The van der Waals surface area contributed by atoms with E-state index in [1.54, 1.807) is 4.57 Å². The van der Waals surface area contributed by atoms with Crippen LogP contribution in [0, 0.1) is 13.8 Å². The number of carbonyl (C=O) groups excluding carboxylic acids is 1. The first-order valence-corrected chi connectivity index (χ1v) is 8.80. The Morgan fingerprint density at radius 2 is 1.63 bits per heavy atom. The molecule has 1 aromatic heterocycles. The van der Waals surface area contributed by atoms with E-state index < -0.39 is 29.1 Å². The van der Waals surface area contributed by atoms with Gasteiger partial charge in [-0.05, 0) is 56.3 Å². The van der Waals surface area contributed by atoms with Crippen LogP contribution in [0.5, 0.6) is 17.2 Å². The van der Waals surface area contributed by atoms with E-state index in [-0.39, 0.29) is 16.7 Å². The molecule has 0 spiro atoms. The summed E-state index contributed by atoms with van der Waals surface area (Å²) in [4.78, 5) is 24.1. The maximum absolute atomic E-state index is 12.5. The molecule has 5 N–H and O–H groups in total. The summed E-state index contributed by atoms with van der Waals surface area (Å²) in [7, 11) is 0. The first-order chi connectivity index (χ1) is 14.2. The zero-order valence-electron chi connectivity index (χ0n) is 16.1. The van der Waals surface area contributed by atoms with Crippen LogP contribution in [0.3, 0.4) is 0 Å². The maximum atomic E-state index is 12.5. The number of rotatable bonds is 5. The van der Waals surface area contributed by atoms with Crippen LogP contribution in [0.1, 0.15) is 37.7 Å². The molecule has 9 heteroatoms. The molecule has 0 saturated heterocycles. The van der Waals surface area contributed by atoms with E-state index in [4.69, 9.17) is 0 Å². The third kappa shape index (κ3) is 3.81. The Bertz CT molecular complexity index is 1160. The summed E-state index contributed by atoms with van der Waals surface area (Å²) in [6.07, 6.45) is 1.10. The number of nitrogens with zero attached hydrogens (tertiary/aromatic N) is 2. The largest absolute Gasteiger partial charge is 0.504 e. The van der Waals surface area contributed by atoms with Crippen LogP contribution in [0.25, 0.3) is 5.69 Å². The number of hydrogen-bond acceptors (Lipinski definition) is 6. The van der Waals surface area contributed by atoms with Gasteiger partial charge in [0.2, 0.25) is 5.75 Å². The number of carboxylic acid groups (broad SMARTS) is 1. The second-order valence-electron chi connectivity index (χ2n) is 6.56. The van der Waals surface area contributed by atoms with Crippen molar-refractivity contribution < 1.29 is 30.0 Å². The smallest absolute Gasteiger partial charge is 0.337 e. The van der Waals surface area contributed by atoms with Gasteiger partial charge in [-0.1, -0.05) is 0 Å². The first kappa shape index (κ1) is 20.5. The van der Waals surface area contributed by atoms with Crippen LogP contribution in [-0.4, -0.2) is 43.1 Å². The molecule has 0 bridgehead atoms. The molecule has 0 aliphatic heterocycles. The van der Waals surface area contributed by atoms with Crippen molar-refractivity contribution >= 4 is 18.1 Å². The Morgan fingerprint density at radius 3 is 2.27 bits per heavy atom. The van der Waals surface area contributed by atoms with Gasteiger partial charge in [0.15, 0.2) is 11.5 Å². The highest BCUT2D eigenvalue weighted by Gasteiger charge is 2.17. The second kappa shape index (κ2) is 8.00. The SMILES string of the molecule is Cc1ccc(C)n1-c1cc(C(=O)NN=Cc2ccc(O)c(O)c2O)ccc1C(=O)O. The molecule has 154 valence electrons. The normalized spacial score (nSPS) is 11.0. The molecule has 0 radical (unpaired) electrons. The average molecular weight is 409 g/mol. The predicted octanol–water partition coefficient (Wildman–Crippen LogP) is 2.67. The predicted molar refractivity (Wildman–Crippen MR) is 109 cm³/mol. The van der Waals surface area contributed by atoms with Crippen molar-refractivity contribution in [3.63, 3.8) is 0 Å². The lowest BCUT2D eigenvalue weighted by Gasteiger charge is -2.14. The van der Waals surface area contributed by atoms with Gasteiger partial charge in [0.1, 0.15) is 0 Å². The number of hydrazone groups is 1. The summed E-state index contributed by atoms with van der Waals surface area (Å²) >= 11 is 0. The Kier molecular flexibility index (Phi) is 5.45. The zero-order valence-corrected chi connectivity index (χ0v) is 16.1. The summed E-state index contributed by atoms with van der Waals surface area (Å²) in [6, 6.07) is 10.3. The Balaban J connectivity index is 1.89. The Hall–Kier alpha value is -4.27. The van der Waals surface area contributed by atoms with Gasteiger partial charge in [0.25, 0.3) is 5.91 Å². The molecule has 0 aliphatic rings. The van der Waals surface area contributed by atoms with E-state index in [1.165, 1.54) is 24.3 Å². The molecular weight excluding hydrogens is 390 g/mol. The van der Waals surface area contributed by atoms with Crippen molar-refractivity contribution in [3.05, 3.63) is 70.5 Å². The minimum Gasteiger partial charge on any atom is -0.504 e. The van der Waals surface area contributed by atoms with Crippen molar-refractivity contribution in [2.75, 3.05) is 0 Å². The Labute approximate surface area is 171 Å². The zero-order chi connectivity index (χ0) is 22.0. The van der Waals surface area contributed by atoms with E-state index in [9.17, 15) is 30.0 Å². The quantitative estimate of drug-likeness (QED) is 0.249. The van der Waals surface area contributed by atoms with Gasteiger partial charge in [-0.25, -0.2) is 10.2 Å². The minimum absolute atomic E-state index is 0.0435. The number of phenolic OH excluding ortho intramolecular Hbond substituents is 3. The molecule has 1 heterocycles. The lowest BCUT2D eigenvalue weighted by molar-refractivity contribution is 0.0696. The molecular formula is C21H19N3O6. The van der Waals surface area contributed by atoms with Crippen LogP contribution in [-0.2, 0) is 0 Å². The van der Waals surface area contributed by atoms with Crippen LogP contribution in [0.2, 0.25) is 0 Å². The number of hydrogen-bond donors (Lipinski definition) is 5. The number of nitrogens with one attached hydrogen (secondary N) is 1.